The largest absolute Gasteiger partial charge is 0.456 e. The summed E-state index contributed by atoms with van der Waals surface area (Å²) in [5, 5.41) is 9.69. The van der Waals surface area contributed by atoms with Gasteiger partial charge in [0, 0.05) is 70.9 Å². The van der Waals surface area contributed by atoms with Gasteiger partial charge in [-0.1, -0.05) is 97.1 Å². The van der Waals surface area contributed by atoms with Crippen molar-refractivity contribution in [3.63, 3.8) is 0 Å². The van der Waals surface area contributed by atoms with Gasteiger partial charge in [-0.25, -0.2) is 0 Å². The summed E-state index contributed by atoms with van der Waals surface area (Å²) in [5.74, 6) is 0. The monoisotopic (exact) mass is 657 g/mol. The summed E-state index contributed by atoms with van der Waals surface area (Å²) in [5.41, 5.74) is 9.02. The molecule has 4 heteroatoms. The van der Waals surface area contributed by atoms with Gasteiger partial charge in [0.25, 0.3) is 0 Å². The van der Waals surface area contributed by atoms with E-state index in [2.05, 4.69) is 144 Å². The highest BCUT2D eigenvalue weighted by Crippen LogP contribution is 2.45. The zero-order valence-electron chi connectivity index (χ0n) is 26.8. The molecule has 234 valence electrons. The minimum Gasteiger partial charge on any atom is -0.456 e. The fourth-order valence-corrected chi connectivity index (χ4v) is 8.99. The molecular weight excluding hydrogens is 631 g/mol. The van der Waals surface area contributed by atoms with Crippen LogP contribution in [0.15, 0.2) is 173 Å². The molecule has 0 N–H and O–H groups in total. The zero-order valence-corrected chi connectivity index (χ0v) is 27.6. The van der Waals surface area contributed by atoms with Crippen molar-refractivity contribution in [1.29, 1.82) is 0 Å². The van der Waals surface area contributed by atoms with E-state index in [1.165, 1.54) is 42.1 Å². The molecule has 3 nitrogen and oxygen atoms in total. The lowest BCUT2D eigenvalue weighted by Gasteiger charge is -2.25. The van der Waals surface area contributed by atoms with Crippen LogP contribution < -0.4 is 4.90 Å². The molecule has 0 radical (unpaired) electrons. The van der Waals surface area contributed by atoms with E-state index in [1.807, 2.05) is 35.6 Å². The Morgan fingerprint density at radius 3 is 1.64 bits per heavy atom. The zero-order chi connectivity index (χ0) is 32.8. The van der Waals surface area contributed by atoms with E-state index < -0.39 is 0 Å². The molecule has 0 saturated heterocycles. The van der Waals surface area contributed by atoms with Crippen LogP contribution in [-0.2, 0) is 0 Å². The normalized spacial score (nSPS) is 12.0. The van der Waals surface area contributed by atoms with Crippen LogP contribution in [0.2, 0.25) is 0 Å². The molecule has 0 saturated carbocycles. The molecule has 0 unspecified atom stereocenters. The summed E-state index contributed by atoms with van der Waals surface area (Å²) < 4.78 is 15.3. The molecule has 0 aliphatic carbocycles. The van der Waals surface area contributed by atoms with Crippen molar-refractivity contribution < 1.29 is 8.83 Å². The summed E-state index contributed by atoms with van der Waals surface area (Å²) in [6, 6.07) is 58.3. The first-order chi connectivity index (χ1) is 24.8. The second-order valence-electron chi connectivity index (χ2n) is 12.9. The molecule has 3 heterocycles. The number of nitrogens with zero attached hydrogens (tertiary/aromatic N) is 1. The predicted molar refractivity (Wildman–Crippen MR) is 212 cm³/mol. The van der Waals surface area contributed by atoms with Gasteiger partial charge in [-0.05, 0) is 76.5 Å². The first-order valence-corrected chi connectivity index (χ1v) is 17.6. The number of hydrogen-bond acceptors (Lipinski definition) is 4. The van der Waals surface area contributed by atoms with Crippen molar-refractivity contribution in [3.05, 3.63) is 164 Å². The fourth-order valence-electron chi connectivity index (χ4n) is 7.74. The number of benzene rings is 8. The van der Waals surface area contributed by atoms with Crippen molar-refractivity contribution in [1.82, 2.24) is 0 Å². The van der Waals surface area contributed by atoms with Crippen LogP contribution >= 0.6 is 11.3 Å². The van der Waals surface area contributed by atoms with E-state index in [9.17, 15) is 0 Å². The second-order valence-corrected chi connectivity index (χ2v) is 13.9. The summed E-state index contributed by atoms with van der Waals surface area (Å²) in [7, 11) is 0. The summed E-state index contributed by atoms with van der Waals surface area (Å²) in [6.07, 6.45) is 0. The van der Waals surface area contributed by atoms with Crippen LogP contribution in [-0.4, -0.2) is 0 Å². The van der Waals surface area contributed by atoms with Crippen LogP contribution in [0.1, 0.15) is 0 Å². The van der Waals surface area contributed by atoms with Crippen LogP contribution in [0.5, 0.6) is 0 Å². The first-order valence-electron chi connectivity index (χ1n) is 16.8. The lowest BCUT2D eigenvalue weighted by atomic mass is 9.99. The Hall–Kier alpha value is -6.36. The lowest BCUT2D eigenvalue weighted by Crippen LogP contribution is -2.09. The Kier molecular flexibility index (Phi) is 5.83. The van der Waals surface area contributed by atoms with E-state index in [0.717, 1.165) is 60.9 Å². The van der Waals surface area contributed by atoms with E-state index in [0.29, 0.717) is 0 Å². The molecule has 0 aliphatic heterocycles. The summed E-state index contributed by atoms with van der Waals surface area (Å²) in [6.45, 7) is 0. The lowest BCUT2D eigenvalue weighted by molar-refractivity contribution is 0.669. The van der Waals surface area contributed by atoms with Crippen LogP contribution in [0.4, 0.5) is 17.1 Å². The Bertz CT molecular complexity index is 2990. The van der Waals surface area contributed by atoms with E-state index in [4.69, 9.17) is 8.83 Å². The van der Waals surface area contributed by atoms with Crippen LogP contribution in [0.3, 0.4) is 0 Å². The minimum absolute atomic E-state index is 0.860. The standard InChI is InChI=1S/C46H27NO2S/c1-2-9-33-28(8-1)18-25-44-45(33)39-13-7-12-34(46(39)50-44)29-16-19-30(20-17-29)47(31-21-23-37-35-10-3-5-14-40(35)48-42(37)26-31)32-22-24-38-36-11-4-6-15-41(36)49-43(38)27-32/h1-27H. The van der Waals surface area contributed by atoms with E-state index in [-0.39, 0.29) is 0 Å². The third-order valence-corrected chi connectivity index (χ3v) is 11.3. The van der Waals surface area contributed by atoms with E-state index in [1.54, 1.807) is 0 Å². The molecule has 3 aromatic heterocycles. The predicted octanol–water partition coefficient (Wildman–Crippen LogP) is 14.1. The highest BCUT2D eigenvalue weighted by Gasteiger charge is 2.19. The molecule has 0 aliphatic rings. The van der Waals surface area contributed by atoms with Crippen LogP contribution in [0, 0.1) is 0 Å². The van der Waals surface area contributed by atoms with Crippen molar-refractivity contribution in [2.75, 3.05) is 4.90 Å². The Balaban J connectivity index is 1.07. The number of furan rings is 2. The molecular formula is C46H27NO2S. The Morgan fingerprint density at radius 2 is 0.960 bits per heavy atom. The first kappa shape index (κ1) is 27.6. The third-order valence-electron chi connectivity index (χ3n) is 10.1. The van der Waals surface area contributed by atoms with Gasteiger partial charge in [0.05, 0.1) is 0 Å². The highest BCUT2D eigenvalue weighted by molar-refractivity contribution is 7.26. The van der Waals surface area contributed by atoms with Gasteiger partial charge in [-0.15, -0.1) is 11.3 Å². The van der Waals surface area contributed by atoms with Gasteiger partial charge in [0.15, 0.2) is 0 Å². The average molecular weight is 658 g/mol. The fraction of sp³-hybridized carbons (Fsp3) is 0. The van der Waals surface area contributed by atoms with E-state index >= 15 is 0 Å². The highest BCUT2D eigenvalue weighted by atomic mass is 32.1. The maximum Gasteiger partial charge on any atom is 0.137 e. The summed E-state index contributed by atoms with van der Waals surface area (Å²) >= 11 is 1.88. The number of thiophene rings is 1. The Morgan fingerprint density at radius 1 is 0.400 bits per heavy atom. The van der Waals surface area contributed by atoms with Gasteiger partial charge in [-0.3, -0.25) is 0 Å². The maximum atomic E-state index is 6.35. The number of hydrogen-bond donors (Lipinski definition) is 0. The minimum atomic E-state index is 0.860. The molecule has 0 amide bonds. The topological polar surface area (TPSA) is 29.5 Å². The quantitative estimate of drug-likeness (QED) is 0.189. The number of rotatable bonds is 4. The molecule has 11 aromatic rings. The molecule has 0 bridgehead atoms. The van der Waals surface area contributed by atoms with Crippen molar-refractivity contribution in [3.8, 4) is 11.1 Å². The number of para-hydroxylation sites is 2. The number of fused-ring (bicyclic) bond motifs is 11. The summed E-state index contributed by atoms with van der Waals surface area (Å²) in [4.78, 5) is 2.29. The van der Waals surface area contributed by atoms with Gasteiger partial charge in [0.1, 0.15) is 22.3 Å². The Labute approximate surface area is 290 Å². The van der Waals surface area contributed by atoms with Gasteiger partial charge >= 0.3 is 0 Å². The van der Waals surface area contributed by atoms with Gasteiger partial charge < -0.3 is 13.7 Å². The average Bonchev–Trinajstić information content (AvgIpc) is 3.86. The third kappa shape index (κ3) is 4.09. The SMILES string of the molecule is c1ccc2c(c1)ccc1sc3c(-c4ccc(N(c5ccc6c(c5)oc5ccccc56)c5ccc6c(c5)oc5ccccc56)cc4)cccc3c12. The number of anilines is 3. The molecule has 50 heavy (non-hydrogen) atoms. The molecule has 8 aromatic carbocycles. The van der Waals surface area contributed by atoms with Gasteiger partial charge in [-0.2, -0.15) is 0 Å². The smallest absolute Gasteiger partial charge is 0.137 e. The van der Waals surface area contributed by atoms with Crippen molar-refractivity contribution >= 4 is 103 Å². The second kappa shape index (κ2) is 10.6. The van der Waals surface area contributed by atoms with Crippen LogP contribution in [0.25, 0.3) is 85.9 Å². The van der Waals surface area contributed by atoms with Crippen molar-refractivity contribution in [2.45, 2.75) is 0 Å². The molecule has 0 spiro atoms. The maximum absolute atomic E-state index is 6.35. The van der Waals surface area contributed by atoms with Crippen molar-refractivity contribution in [2.24, 2.45) is 0 Å². The van der Waals surface area contributed by atoms with Gasteiger partial charge in [0.2, 0.25) is 0 Å². The molecule has 11 rings (SSSR count). The molecule has 0 atom stereocenters. The molecule has 0 fully saturated rings.